The molecule has 1 aromatic rings. The molecule has 2 atom stereocenters. The summed E-state index contributed by atoms with van der Waals surface area (Å²) in [5.74, 6) is 2.75. The number of fused-ring (bicyclic) bond motifs is 2. The predicted octanol–water partition coefficient (Wildman–Crippen LogP) is 3.78. The van der Waals surface area contributed by atoms with E-state index >= 15 is 0 Å². The van der Waals surface area contributed by atoms with Crippen molar-refractivity contribution in [2.24, 2.45) is 11.8 Å². The molecule has 0 unspecified atom stereocenters. The molecule has 0 radical (unpaired) electrons. The van der Waals surface area contributed by atoms with Gasteiger partial charge in [-0.3, -0.25) is 9.80 Å². The van der Waals surface area contributed by atoms with E-state index in [4.69, 9.17) is 4.74 Å². The third-order valence-electron chi connectivity index (χ3n) is 6.48. The van der Waals surface area contributed by atoms with Gasteiger partial charge in [0.1, 0.15) is 5.75 Å². The van der Waals surface area contributed by atoms with Gasteiger partial charge in [0, 0.05) is 25.7 Å². The van der Waals surface area contributed by atoms with Gasteiger partial charge in [-0.25, -0.2) is 0 Å². The maximum Gasteiger partial charge on any atom is 0.118 e. The van der Waals surface area contributed by atoms with E-state index in [1.807, 2.05) is 0 Å². The van der Waals surface area contributed by atoms with Gasteiger partial charge < -0.3 is 4.74 Å². The fourth-order valence-corrected chi connectivity index (χ4v) is 5.44. The van der Waals surface area contributed by atoms with Gasteiger partial charge in [-0.15, -0.1) is 0 Å². The second kappa shape index (κ2) is 7.45. The van der Waals surface area contributed by atoms with Crippen LogP contribution < -0.4 is 4.74 Å². The van der Waals surface area contributed by atoms with E-state index in [1.54, 1.807) is 7.11 Å². The summed E-state index contributed by atoms with van der Waals surface area (Å²) in [5, 5.41) is 0. The van der Waals surface area contributed by atoms with Gasteiger partial charge in [-0.05, 0) is 68.3 Å². The number of benzene rings is 1. The molecule has 3 nitrogen and oxygen atoms in total. The van der Waals surface area contributed by atoms with Crippen LogP contribution >= 0.6 is 0 Å². The maximum atomic E-state index is 5.28. The summed E-state index contributed by atoms with van der Waals surface area (Å²) < 4.78 is 5.28. The average Bonchev–Trinajstić information content (AvgIpc) is 2.62. The number of likely N-dealkylation sites (tertiary alicyclic amines) is 2. The van der Waals surface area contributed by atoms with Crippen molar-refractivity contribution in [2.45, 2.75) is 51.1 Å². The number of nitrogens with zero attached hydrogens (tertiary/aromatic N) is 2. The minimum Gasteiger partial charge on any atom is -0.497 e. The molecule has 2 saturated heterocycles. The van der Waals surface area contributed by atoms with E-state index in [1.165, 1.54) is 70.3 Å². The molecule has 0 amide bonds. The minimum atomic E-state index is 0.881. The van der Waals surface area contributed by atoms with Gasteiger partial charge in [-0.1, -0.05) is 25.0 Å². The first-order valence-corrected chi connectivity index (χ1v) is 9.93. The lowest BCUT2D eigenvalue weighted by Gasteiger charge is -2.52. The highest BCUT2D eigenvalue weighted by Crippen LogP contribution is 2.39. The van der Waals surface area contributed by atoms with Gasteiger partial charge in [0.25, 0.3) is 0 Å². The first-order valence-electron chi connectivity index (χ1n) is 9.93. The van der Waals surface area contributed by atoms with Crippen molar-refractivity contribution in [1.29, 1.82) is 0 Å². The molecule has 3 fully saturated rings. The monoisotopic (exact) mass is 328 g/mol. The third kappa shape index (κ3) is 3.48. The molecule has 132 valence electrons. The van der Waals surface area contributed by atoms with E-state index in [-0.39, 0.29) is 0 Å². The zero-order valence-corrected chi connectivity index (χ0v) is 15.1. The molecular weight excluding hydrogens is 296 g/mol. The van der Waals surface area contributed by atoms with Crippen molar-refractivity contribution in [2.75, 3.05) is 33.3 Å². The van der Waals surface area contributed by atoms with Crippen LogP contribution in [0.4, 0.5) is 0 Å². The van der Waals surface area contributed by atoms with Crippen LogP contribution in [0, 0.1) is 11.8 Å². The van der Waals surface area contributed by atoms with Crippen LogP contribution in [0.25, 0.3) is 0 Å². The standard InChI is InChI=1S/C21H32N2O/c1-24-20-10-8-17(9-11-20)14-22-15-18-6-5-7-19(16-22)21(18)23-12-3-2-4-13-23/h8-11,18-19,21H,2-7,12-16H2,1H3/t18-,19-/m0/s1. The van der Waals surface area contributed by atoms with Gasteiger partial charge in [0.05, 0.1) is 7.11 Å². The molecule has 1 aliphatic carbocycles. The molecule has 2 aliphatic heterocycles. The summed E-state index contributed by atoms with van der Waals surface area (Å²) in [6, 6.07) is 9.52. The lowest BCUT2D eigenvalue weighted by Crippen LogP contribution is -2.58. The quantitative estimate of drug-likeness (QED) is 0.836. The summed E-state index contributed by atoms with van der Waals surface area (Å²) in [4.78, 5) is 5.58. The Morgan fingerprint density at radius 3 is 2.21 bits per heavy atom. The number of ether oxygens (including phenoxy) is 1. The molecule has 2 bridgehead atoms. The van der Waals surface area contributed by atoms with E-state index < -0.39 is 0 Å². The van der Waals surface area contributed by atoms with Crippen LogP contribution in [-0.4, -0.2) is 49.1 Å². The fourth-order valence-electron chi connectivity index (χ4n) is 5.44. The van der Waals surface area contributed by atoms with Gasteiger partial charge >= 0.3 is 0 Å². The van der Waals surface area contributed by atoms with E-state index in [2.05, 4.69) is 34.1 Å². The zero-order valence-electron chi connectivity index (χ0n) is 15.1. The Bertz CT molecular complexity index is 509. The maximum absolute atomic E-state index is 5.28. The molecule has 1 aromatic carbocycles. The van der Waals surface area contributed by atoms with Crippen molar-refractivity contribution in [1.82, 2.24) is 9.80 Å². The van der Waals surface area contributed by atoms with Crippen molar-refractivity contribution in [3.63, 3.8) is 0 Å². The molecule has 0 spiro atoms. The van der Waals surface area contributed by atoms with Gasteiger partial charge in [0.2, 0.25) is 0 Å². The highest BCUT2D eigenvalue weighted by atomic mass is 16.5. The van der Waals surface area contributed by atoms with Crippen LogP contribution in [0.5, 0.6) is 5.75 Å². The Labute approximate surface area is 147 Å². The Morgan fingerprint density at radius 2 is 1.58 bits per heavy atom. The molecule has 24 heavy (non-hydrogen) atoms. The van der Waals surface area contributed by atoms with E-state index in [0.29, 0.717) is 0 Å². The predicted molar refractivity (Wildman–Crippen MR) is 98.3 cm³/mol. The Hall–Kier alpha value is -1.06. The van der Waals surface area contributed by atoms with Crippen LogP contribution in [0.3, 0.4) is 0 Å². The summed E-state index contributed by atoms with van der Waals surface area (Å²) in [7, 11) is 1.74. The van der Waals surface area contributed by atoms with Crippen LogP contribution in [0.1, 0.15) is 44.1 Å². The molecule has 3 aliphatic rings. The lowest BCUT2D eigenvalue weighted by molar-refractivity contribution is -0.0290. The molecule has 4 rings (SSSR count). The number of hydrogen-bond donors (Lipinski definition) is 0. The number of rotatable bonds is 4. The number of methoxy groups -OCH3 is 1. The van der Waals surface area contributed by atoms with Gasteiger partial charge in [-0.2, -0.15) is 0 Å². The Balaban J connectivity index is 1.41. The van der Waals surface area contributed by atoms with Gasteiger partial charge in [0.15, 0.2) is 0 Å². The zero-order chi connectivity index (χ0) is 16.4. The fraction of sp³-hybridized carbons (Fsp3) is 0.714. The number of piperidine rings is 2. The van der Waals surface area contributed by atoms with E-state index in [9.17, 15) is 0 Å². The minimum absolute atomic E-state index is 0.881. The van der Waals surface area contributed by atoms with Crippen molar-refractivity contribution >= 4 is 0 Å². The smallest absolute Gasteiger partial charge is 0.118 e. The normalized spacial score (nSPS) is 31.8. The highest BCUT2D eigenvalue weighted by Gasteiger charge is 2.42. The summed E-state index contributed by atoms with van der Waals surface area (Å²) in [6.45, 7) is 6.41. The summed E-state index contributed by atoms with van der Waals surface area (Å²) >= 11 is 0. The largest absolute Gasteiger partial charge is 0.497 e. The first kappa shape index (κ1) is 16.4. The second-order valence-corrected chi connectivity index (χ2v) is 8.08. The number of hydrogen-bond acceptors (Lipinski definition) is 3. The molecular formula is C21H32N2O. The lowest BCUT2D eigenvalue weighted by atomic mass is 9.72. The molecule has 1 saturated carbocycles. The molecule has 0 aromatic heterocycles. The Morgan fingerprint density at radius 1 is 0.917 bits per heavy atom. The molecule has 0 N–H and O–H groups in total. The first-order chi connectivity index (χ1) is 11.8. The van der Waals surface area contributed by atoms with Crippen LogP contribution in [-0.2, 0) is 6.54 Å². The van der Waals surface area contributed by atoms with E-state index in [0.717, 1.165) is 30.2 Å². The summed E-state index contributed by atoms with van der Waals surface area (Å²) in [5.41, 5.74) is 1.42. The molecule has 2 heterocycles. The summed E-state index contributed by atoms with van der Waals surface area (Å²) in [6.07, 6.45) is 8.63. The van der Waals surface area contributed by atoms with Crippen LogP contribution in [0.2, 0.25) is 0 Å². The average molecular weight is 329 g/mol. The van der Waals surface area contributed by atoms with Crippen molar-refractivity contribution in [3.8, 4) is 5.75 Å². The Kier molecular flexibility index (Phi) is 5.09. The third-order valence-corrected chi connectivity index (χ3v) is 6.48. The second-order valence-electron chi connectivity index (χ2n) is 8.08. The van der Waals surface area contributed by atoms with Crippen LogP contribution in [0.15, 0.2) is 24.3 Å². The van der Waals surface area contributed by atoms with Crippen molar-refractivity contribution < 1.29 is 4.74 Å². The molecule has 3 heteroatoms. The SMILES string of the molecule is COc1ccc(CN2C[C@@H]3CCC[C@@H](C2)C3N2CCCCC2)cc1. The van der Waals surface area contributed by atoms with Crippen molar-refractivity contribution in [3.05, 3.63) is 29.8 Å². The highest BCUT2D eigenvalue weighted by molar-refractivity contribution is 5.27. The topological polar surface area (TPSA) is 15.7 Å².